The molecule has 1 heterocycles. The summed E-state index contributed by atoms with van der Waals surface area (Å²) >= 11 is 0. The topological polar surface area (TPSA) is 69.3 Å². The Morgan fingerprint density at radius 2 is 1.74 bits per heavy atom. The highest BCUT2D eigenvalue weighted by atomic mass is 16.5. The highest BCUT2D eigenvalue weighted by molar-refractivity contribution is 5.96. The van der Waals surface area contributed by atoms with Gasteiger partial charge >= 0.3 is 0 Å². The summed E-state index contributed by atoms with van der Waals surface area (Å²) in [5.74, 6) is 1.71. The number of benzene rings is 2. The van der Waals surface area contributed by atoms with Crippen molar-refractivity contribution >= 4 is 17.3 Å². The maximum absolute atomic E-state index is 13.1. The Morgan fingerprint density at radius 1 is 1.06 bits per heavy atom. The number of hydrogen-bond donors (Lipinski definition) is 1. The van der Waals surface area contributed by atoms with Crippen LogP contribution in [0.25, 0.3) is 0 Å². The molecule has 0 bridgehead atoms. The SMILES string of the molecule is CCOc1cc(N2CCOCC2)c(OCC)cc1NC(=O)C(C)Oc1cccc(C(C)(C)C)c1. The first-order valence-corrected chi connectivity index (χ1v) is 12.1. The van der Waals surface area contributed by atoms with Crippen molar-refractivity contribution in [3.05, 3.63) is 42.0 Å². The molecule has 0 aromatic heterocycles. The van der Waals surface area contributed by atoms with Crippen molar-refractivity contribution in [3.63, 3.8) is 0 Å². The van der Waals surface area contributed by atoms with Crippen LogP contribution < -0.4 is 24.4 Å². The summed E-state index contributed by atoms with van der Waals surface area (Å²) in [6, 6.07) is 11.6. The van der Waals surface area contributed by atoms with Crippen LogP contribution in [-0.2, 0) is 14.9 Å². The minimum absolute atomic E-state index is 0.00480. The zero-order valence-electron chi connectivity index (χ0n) is 21.3. The molecule has 0 saturated carbocycles. The number of carbonyl (C=O) groups is 1. The van der Waals surface area contributed by atoms with Crippen LogP contribution in [0.3, 0.4) is 0 Å². The minimum Gasteiger partial charge on any atom is -0.492 e. The first-order chi connectivity index (χ1) is 16.2. The summed E-state index contributed by atoms with van der Waals surface area (Å²) in [6.07, 6.45) is -0.695. The van der Waals surface area contributed by atoms with Gasteiger partial charge in [0.2, 0.25) is 0 Å². The van der Waals surface area contributed by atoms with E-state index < -0.39 is 6.10 Å². The van der Waals surface area contributed by atoms with Gasteiger partial charge in [-0.3, -0.25) is 4.79 Å². The van der Waals surface area contributed by atoms with Crippen molar-refractivity contribution in [2.45, 2.75) is 53.1 Å². The van der Waals surface area contributed by atoms with Gasteiger partial charge in [-0.1, -0.05) is 32.9 Å². The largest absolute Gasteiger partial charge is 0.492 e. The first kappa shape index (κ1) is 25.7. The summed E-state index contributed by atoms with van der Waals surface area (Å²) in [4.78, 5) is 15.3. The number of anilines is 2. The zero-order valence-corrected chi connectivity index (χ0v) is 21.3. The number of ether oxygens (including phenoxy) is 4. The van der Waals surface area contributed by atoms with Gasteiger partial charge in [-0.25, -0.2) is 0 Å². The van der Waals surface area contributed by atoms with E-state index in [4.69, 9.17) is 18.9 Å². The third kappa shape index (κ3) is 6.56. The predicted molar refractivity (Wildman–Crippen MR) is 136 cm³/mol. The summed E-state index contributed by atoms with van der Waals surface area (Å²) in [6.45, 7) is 15.9. The standard InChI is InChI=1S/C27H38N2O5/c1-7-32-24-18-23(29-12-14-31-15-13-29)25(33-8-2)17-22(24)28-26(30)19(3)34-21-11-9-10-20(16-21)27(4,5)6/h9-11,16-19H,7-8,12-15H2,1-6H3,(H,28,30). The lowest BCUT2D eigenvalue weighted by Gasteiger charge is -2.31. The van der Waals surface area contributed by atoms with Gasteiger partial charge < -0.3 is 29.2 Å². The molecule has 1 fully saturated rings. The Labute approximate surface area is 203 Å². The molecular weight excluding hydrogens is 432 g/mol. The third-order valence-electron chi connectivity index (χ3n) is 5.65. The number of morpholine rings is 1. The lowest BCUT2D eigenvalue weighted by Crippen LogP contribution is -2.36. The number of rotatable bonds is 9. The van der Waals surface area contributed by atoms with E-state index in [1.807, 2.05) is 44.2 Å². The van der Waals surface area contributed by atoms with Crippen LogP contribution in [0.4, 0.5) is 11.4 Å². The van der Waals surface area contributed by atoms with Gasteiger partial charge in [0.15, 0.2) is 6.10 Å². The van der Waals surface area contributed by atoms with Gasteiger partial charge in [-0.05, 0) is 43.9 Å². The van der Waals surface area contributed by atoms with Crippen molar-refractivity contribution in [2.24, 2.45) is 0 Å². The second-order valence-electron chi connectivity index (χ2n) is 9.31. The summed E-state index contributed by atoms with van der Waals surface area (Å²) in [5.41, 5.74) is 2.65. The number of hydrogen-bond acceptors (Lipinski definition) is 6. The van der Waals surface area contributed by atoms with Crippen LogP contribution >= 0.6 is 0 Å². The first-order valence-electron chi connectivity index (χ1n) is 12.1. The second-order valence-corrected chi connectivity index (χ2v) is 9.31. The van der Waals surface area contributed by atoms with Crippen LogP contribution in [0.1, 0.15) is 47.1 Å². The van der Waals surface area contributed by atoms with Gasteiger partial charge in [0.1, 0.15) is 17.2 Å². The molecule has 186 valence electrons. The van der Waals surface area contributed by atoms with Crippen LogP contribution in [-0.4, -0.2) is 51.5 Å². The smallest absolute Gasteiger partial charge is 0.265 e. The Balaban J connectivity index is 1.81. The fraction of sp³-hybridized carbons (Fsp3) is 0.519. The molecule has 7 heteroatoms. The van der Waals surface area contributed by atoms with E-state index in [1.165, 1.54) is 0 Å². The zero-order chi connectivity index (χ0) is 24.7. The van der Waals surface area contributed by atoms with Crippen LogP contribution in [0.2, 0.25) is 0 Å². The molecule has 7 nitrogen and oxygen atoms in total. The van der Waals surface area contributed by atoms with E-state index in [9.17, 15) is 4.79 Å². The molecule has 1 saturated heterocycles. The molecule has 1 N–H and O–H groups in total. The van der Waals surface area contributed by atoms with E-state index in [0.29, 0.717) is 49.4 Å². The molecule has 1 atom stereocenters. The number of amides is 1. The van der Waals surface area contributed by atoms with Gasteiger partial charge in [-0.15, -0.1) is 0 Å². The fourth-order valence-corrected chi connectivity index (χ4v) is 3.77. The summed E-state index contributed by atoms with van der Waals surface area (Å²) in [7, 11) is 0. The van der Waals surface area contributed by atoms with Gasteiger partial charge in [-0.2, -0.15) is 0 Å². The van der Waals surface area contributed by atoms with Gasteiger partial charge in [0, 0.05) is 25.2 Å². The normalized spacial score (nSPS) is 14.9. The quantitative estimate of drug-likeness (QED) is 0.555. The van der Waals surface area contributed by atoms with Crippen molar-refractivity contribution in [2.75, 3.05) is 49.7 Å². The van der Waals surface area contributed by atoms with Gasteiger partial charge in [0.05, 0.1) is 37.8 Å². The Bertz CT molecular complexity index is 964. The van der Waals surface area contributed by atoms with Crippen molar-refractivity contribution in [1.29, 1.82) is 0 Å². The van der Waals surface area contributed by atoms with E-state index in [0.717, 1.165) is 24.3 Å². The van der Waals surface area contributed by atoms with Crippen LogP contribution in [0.15, 0.2) is 36.4 Å². The number of nitrogens with zero attached hydrogens (tertiary/aromatic N) is 1. The molecule has 3 rings (SSSR count). The van der Waals surface area contributed by atoms with E-state index in [2.05, 4.69) is 37.1 Å². The molecule has 1 amide bonds. The number of carbonyl (C=O) groups excluding carboxylic acids is 1. The van der Waals surface area contributed by atoms with E-state index >= 15 is 0 Å². The van der Waals surface area contributed by atoms with Crippen molar-refractivity contribution in [3.8, 4) is 17.2 Å². The molecule has 2 aromatic carbocycles. The molecule has 2 aromatic rings. The Kier molecular flexibility index (Phi) is 8.67. The molecule has 1 aliphatic heterocycles. The average Bonchev–Trinajstić information content (AvgIpc) is 2.81. The highest BCUT2D eigenvalue weighted by Gasteiger charge is 2.23. The van der Waals surface area contributed by atoms with E-state index in [-0.39, 0.29) is 11.3 Å². The van der Waals surface area contributed by atoms with Crippen LogP contribution in [0.5, 0.6) is 17.2 Å². The number of nitrogens with one attached hydrogen (secondary N) is 1. The Hall–Kier alpha value is -2.93. The summed E-state index contributed by atoms with van der Waals surface area (Å²) in [5, 5.41) is 2.98. The minimum atomic E-state index is -0.695. The molecule has 0 radical (unpaired) electrons. The average molecular weight is 471 g/mol. The fourth-order valence-electron chi connectivity index (χ4n) is 3.77. The second kappa shape index (κ2) is 11.5. The van der Waals surface area contributed by atoms with Crippen molar-refractivity contribution in [1.82, 2.24) is 0 Å². The van der Waals surface area contributed by atoms with Gasteiger partial charge in [0.25, 0.3) is 5.91 Å². The molecule has 1 unspecified atom stereocenters. The molecular formula is C27H38N2O5. The predicted octanol–water partition coefficient (Wildman–Crippen LogP) is 5.02. The lowest BCUT2D eigenvalue weighted by atomic mass is 9.87. The molecule has 1 aliphatic rings. The highest BCUT2D eigenvalue weighted by Crippen LogP contribution is 2.39. The maximum Gasteiger partial charge on any atom is 0.265 e. The summed E-state index contributed by atoms with van der Waals surface area (Å²) < 4.78 is 23.3. The third-order valence-corrected chi connectivity index (χ3v) is 5.65. The maximum atomic E-state index is 13.1. The monoisotopic (exact) mass is 470 g/mol. The van der Waals surface area contributed by atoms with E-state index in [1.54, 1.807) is 6.92 Å². The molecule has 34 heavy (non-hydrogen) atoms. The molecule has 0 aliphatic carbocycles. The Morgan fingerprint density at radius 3 is 2.38 bits per heavy atom. The van der Waals surface area contributed by atoms with Crippen LogP contribution in [0, 0.1) is 0 Å². The lowest BCUT2D eigenvalue weighted by molar-refractivity contribution is -0.122. The van der Waals surface area contributed by atoms with Crippen molar-refractivity contribution < 1.29 is 23.7 Å². The molecule has 0 spiro atoms.